The maximum absolute atomic E-state index is 13.5. The number of aliphatic carboxylic acids is 2. The molecule has 5 heterocycles. The van der Waals surface area contributed by atoms with Crippen LogP contribution < -0.4 is 5.11 Å². The zero-order valence-electron chi connectivity index (χ0n) is 51.8. The molecule has 9 aliphatic rings. The molecule has 5 saturated heterocycles. The number of aliphatic hydroxyl groups excluding tert-OH is 17. The molecule has 19 N–H and O–H groups in total. The second-order valence-electron chi connectivity index (χ2n) is 26.4. The first kappa shape index (κ1) is 76.0. The average molecular weight is 1390 g/mol. The van der Waals surface area contributed by atoms with Gasteiger partial charge in [-0.2, -0.15) is 0 Å². The molecule has 4 aliphatic carbocycles. The number of rotatable bonds is 22. The van der Waals surface area contributed by atoms with Crippen molar-refractivity contribution in [3.05, 3.63) is 24.3 Å². The maximum atomic E-state index is 13.5. The Balaban J connectivity index is 0.984. The number of carboxylic acid groups (broad SMARTS) is 2. The molecule has 36 heteroatoms. The first-order valence-electron chi connectivity index (χ1n) is 32.3. The van der Waals surface area contributed by atoms with Gasteiger partial charge < -0.3 is 159 Å². The van der Waals surface area contributed by atoms with E-state index in [1.807, 2.05) is 0 Å². The van der Waals surface area contributed by atoms with Gasteiger partial charge in [-0.15, -0.1) is 0 Å². The van der Waals surface area contributed by atoms with E-state index in [9.17, 15) is 121 Å². The lowest BCUT2D eigenvalue weighted by atomic mass is 9.72. The standard InChI is InChI=1S/C60H90O36/c61-18-35-42(73)47(78)54(94-40(71)10-4-22-2-7-27(63)31(67)12-22)60(91-35)96-55-48(79)44(75)37(20-86-41(72)17-38(68)69)93-59(55)90-34-16-25-29(65)14-24(87-57-50(81)45(76)43(74)36(92-57)19-85-39(70)9-3-21-1-6-26(62)30(66)11-21)15-32(25)88-52(34)23-5-8-28(64)33(13-23)89-58-51(82)46(77)49(80)53(95-58)56(83)84/h3-4,9-10,21-37,42-55,57-67,73-82H,1-2,5-8,11-20H2,(H,68,69)(H,83,84). The van der Waals surface area contributed by atoms with Gasteiger partial charge in [-0.1, -0.05) is 12.2 Å². The van der Waals surface area contributed by atoms with Crippen molar-refractivity contribution in [3.63, 3.8) is 0 Å². The molecule has 0 spiro atoms. The lowest BCUT2D eigenvalue weighted by Gasteiger charge is -2.50. The summed E-state index contributed by atoms with van der Waals surface area (Å²) in [5.41, 5.74) is 0. The molecule has 96 heavy (non-hydrogen) atoms. The summed E-state index contributed by atoms with van der Waals surface area (Å²) in [4.78, 5) is 62.2. The molecule has 9 fully saturated rings. The molecule has 0 aromatic carbocycles. The van der Waals surface area contributed by atoms with E-state index in [1.54, 1.807) is 0 Å². The number of hydrogen-bond acceptors (Lipinski definition) is 34. The van der Waals surface area contributed by atoms with Crippen molar-refractivity contribution in [1.29, 1.82) is 0 Å². The topological polar surface area (TPSA) is 587 Å². The van der Waals surface area contributed by atoms with Gasteiger partial charge in [0.2, 0.25) is 0 Å². The molecular weight excluding hydrogens is 1300 g/mol. The first-order valence-corrected chi connectivity index (χ1v) is 32.3. The lowest BCUT2D eigenvalue weighted by Crippen LogP contribution is -2.66. The Hall–Kier alpha value is -4.21. The van der Waals surface area contributed by atoms with Crippen molar-refractivity contribution in [1.82, 2.24) is 0 Å². The Morgan fingerprint density at radius 3 is 1.61 bits per heavy atom. The van der Waals surface area contributed by atoms with E-state index < -0.39 is 264 Å². The monoisotopic (exact) mass is 1390 g/mol. The smallest absolute Gasteiger partial charge is 0.330 e. The van der Waals surface area contributed by atoms with E-state index in [0.717, 1.165) is 12.2 Å². The molecule has 5 aliphatic heterocycles. The molecule has 4 saturated carbocycles. The van der Waals surface area contributed by atoms with Crippen molar-refractivity contribution in [2.45, 2.75) is 273 Å². The number of hydrogen-bond donors (Lipinski definition) is 18. The highest BCUT2D eigenvalue weighted by molar-refractivity contribution is 5.90. The highest BCUT2D eigenvalue weighted by atomic mass is 16.8. The van der Waals surface area contributed by atoms with Crippen LogP contribution in [-0.4, -0.2) is 336 Å². The second kappa shape index (κ2) is 33.5. The summed E-state index contributed by atoms with van der Waals surface area (Å²) in [5, 5.41) is 206. The summed E-state index contributed by atoms with van der Waals surface area (Å²) in [5.74, 6) is -9.35. The summed E-state index contributed by atoms with van der Waals surface area (Å²) in [6.45, 7) is -2.59. The molecule has 9 rings (SSSR count). The summed E-state index contributed by atoms with van der Waals surface area (Å²) in [7, 11) is 0. The van der Waals surface area contributed by atoms with E-state index in [-0.39, 0.29) is 63.7 Å². The fourth-order valence-corrected chi connectivity index (χ4v) is 14.2. The predicted octanol–water partition coefficient (Wildman–Crippen LogP) is -9.99. The van der Waals surface area contributed by atoms with Crippen molar-refractivity contribution >= 4 is 29.8 Å². The second-order valence-corrected chi connectivity index (χ2v) is 26.4. The van der Waals surface area contributed by atoms with Crippen molar-refractivity contribution < 1.29 is 178 Å². The Kier molecular flexibility index (Phi) is 26.5. The zero-order chi connectivity index (χ0) is 69.7. The van der Waals surface area contributed by atoms with Gasteiger partial charge in [-0.3, -0.25) is 9.59 Å². The van der Waals surface area contributed by atoms with Crippen molar-refractivity contribution in [2.24, 2.45) is 23.7 Å². The van der Waals surface area contributed by atoms with Gasteiger partial charge in [0, 0.05) is 30.9 Å². The fourth-order valence-electron chi connectivity index (χ4n) is 14.2. The number of carbonyl (C=O) groups excluding carboxylic acids is 4. The molecule has 0 bridgehead atoms. The third-order valence-electron chi connectivity index (χ3n) is 19.7. The summed E-state index contributed by atoms with van der Waals surface area (Å²) in [6.07, 6.45) is -47.9. The van der Waals surface area contributed by atoms with Crippen LogP contribution >= 0.6 is 0 Å². The van der Waals surface area contributed by atoms with E-state index in [0.29, 0.717) is 19.3 Å². The number of allylic oxidation sites excluding steroid dienone is 2. The third kappa shape index (κ3) is 18.3. The van der Waals surface area contributed by atoms with Crippen LogP contribution in [0.5, 0.6) is 0 Å². The molecule has 0 aromatic rings. The Morgan fingerprint density at radius 2 is 1.00 bits per heavy atom. The van der Waals surface area contributed by atoms with Gasteiger partial charge in [0.25, 0.3) is 0 Å². The van der Waals surface area contributed by atoms with E-state index in [2.05, 4.69) is 0 Å². The molecule has 546 valence electrons. The van der Waals surface area contributed by atoms with Crippen LogP contribution in [0.1, 0.15) is 83.5 Å². The van der Waals surface area contributed by atoms with Gasteiger partial charge in [0.1, 0.15) is 117 Å². The number of aliphatic hydroxyl groups is 19. The van der Waals surface area contributed by atoms with Crippen LogP contribution in [0.15, 0.2) is 24.3 Å². The average Bonchev–Trinajstić information content (AvgIpc) is 1.92. The predicted molar refractivity (Wildman–Crippen MR) is 304 cm³/mol. The number of carboxylic acids is 2. The lowest BCUT2D eigenvalue weighted by molar-refractivity contribution is -0.389. The third-order valence-corrected chi connectivity index (χ3v) is 19.7. The maximum Gasteiger partial charge on any atom is 0.330 e. The normalized spacial score (nSPS) is 47.2. The highest BCUT2D eigenvalue weighted by Crippen LogP contribution is 2.45. The van der Waals surface area contributed by atoms with Crippen LogP contribution in [0.3, 0.4) is 0 Å². The largest absolute Gasteiger partial charge is 0.547 e. The fraction of sp³-hybridized carbons (Fsp3) is 0.850. The minimum Gasteiger partial charge on any atom is -0.547 e. The minimum atomic E-state index is -2.23. The summed E-state index contributed by atoms with van der Waals surface area (Å²) >= 11 is 0. The van der Waals surface area contributed by atoms with Gasteiger partial charge in [0.05, 0.1) is 67.3 Å². The van der Waals surface area contributed by atoms with Gasteiger partial charge in [-0.25, -0.2) is 9.59 Å². The van der Waals surface area contributed by atoms with Crippen LogP contribution in [0, 0.1) is 23.7 Å². The first-order chi connectivity index (χ1) is 45.5. The molecule has 0 aromatic heterocycles. The van der Waals surface area contributed by atoms with E-state index >= 15 is 0 Å². The number of ether oxygens (including phenoxy) is 12. The van der Waals surface area contributed by atoms with Gasteiger partial charge in [0.15, 0.2) is 43.5 Å². The Labute approximate surface area is 547 Å². The molecule has 36 nitrogen and oxygen atoms in total. The number of esters is 3. The molecule has 0 radical (unpaired) electrons. The zero-order valence-corrected chi connectivity index (χ0v) is 51.8. The Morgan fingerprint density at radius 1 is 0.469 bits per heavy atom. The van der Waals surface area contributed by atoms with E-state index in [1.165, 1.54) is 12.2 Å². The highest BCUT2D eigenvalue weighted by Gasteiger charge is 2.59. The Bertz CT molecular complexity index is 2640. The van der Waals surface area contributed by atoms with Crippen LogP contribution in [-0.2, 0) is 76.1 Å². The number of fused-ring (bicyclic) bond motifs is 1. The molecule has 0 amide bonds. The van der Waals surface area contributed by atoms with Gasteiger partial charge in [-0.05, 0) is 76.0 Å². The van der Waals surface area contributed by atoms with Crippen molar-refractivity contribution in [3.8, 4) is 0 Å². The van der Waals surface area contributed by atoms with Crippen molar-refractivity contribution in [2.75, 3.05) is 19.8 Å². The molecular formula is C60H90O36. The van der Waals surface area contributed by atoms with Gasteiger partial charge >= 0.3 is 23.9 Å². The van der Waals surface area contributed by atoms with Crippen LogP contribution in [0.4, 0.5) is 0 Å². The summed E-state index contributed by atoms with van der Waals surface area (Å²) < 4.78 is 69.6. The quantitative estimate of drug-likeness (QED) is 0.0157. The van der Waals surface area contributed by atoms with Crippen LogP contribution in [0.2, 0.25) is 0 Å². The SMILES string of the molecule is O=C(O)CC(=O)OCC1OC(OC2CC3C(O)CC(OC4OC(COC(=O)C=CC5CCC(O)C(O)C5)C(O)C(O)C4O)CC3[OH+]C2C2CCC(O)C(OC3OC(C(=O)[O-])C(O)C(O)C3O)C2)C(OC2OC(CO)C(O)C(O)C2OC(=O)C=CC2CCC(O)C(O)C2)C(O)C1O. The summed E-state index contributed by atoms with van der Waals surface area (Å²) in [6, 6.07) is 0. The minimum absolute atomic E-state index is 0.0579. The number of carbonyl (C=O) groups is 5. The van der Waals surface area contributed by atoms with E-state index in [4.69, 9.17) is 56.8 Å². The van der Waals surface area contributed by atoms with Crippen LogP contribution in [0.25, 0.3) is 0 Å². The molecule has 35 atom stereocenters. The molecule has 35 unspecified atom stereocenters.